The number of allylic oxidation sites excluding steroid dienone is 14. The fourth-order valence-corrected chi connectivity index (χ4v) is 5.80. The summed E-state index contributed by atoms with van der Waals surface area (Å²) in [7, 11) is -4.29. The lowest BCUT2D eigenvalue weighted by Gasteiger charge is -2.20. The molecule has 9 heteroatoms. The van der Waals surface area contributed by atoms with Gasteiger partial charge >= 0.3 is 13.8 Å². The lowest BCUT2D eigenvalue weighted by Crippen LogP contribution is -2.28. The number of carbonyl (C=O) groups is 1. The molecule has 0 rings (SSSR count). The van der Waals surface area contributed by atoms with Crippen molar-refractivity contribution < 1.29 is 32.8 Å². The third-order valence-corrected chi connectivity index (χ3v) is 9.03. The van der Waals surface area contributed by atoms with Crippen LogP contribution in [-0.4, -0.2) is 49.9 Å². The van der Waals surface area contributed by atoms with Crippen LogP contribution >= 0.6 is 7.82 Å². The summed E-state index contributed by atoms with van der Waals surface area (Å²) >= 11 is 0. The Balaban J connectivity index is 4.15. The minimum atomic E-state index is -4.29. The zero-order valence-electron chi connectivity index (χ0n) is 33.5. The van der Waals surface area contributed by atoms with Crippen LogP contribution in [0.4, 0.5) is 0 Å². The van der Waals surface area contributed by atoms with Crippen LogP contribution in [0, 0.1) is 0 Å². The number of ether oxygens (including phenoxy) is 2. The van der Waals surface area contributed by atoms with Gasteiger partial charge in [-0.3, -0.25) is 13.8 Å². The van der Waals surface area contributed by atoms with Gasteiger partial charge < -0.3 is 20.1 Å². The summed E-state index contributed by atoms with van der Waals surface area (Å²) in [6.07, 6.45) is 51.7. The fourth-order valence-electron chi connectivity index (χ4n) is 5.04. The van der Waals surface area contributed by atoms with Crippen molar-refractivity contribution in [2.45, 2.75) is 155 Å². The Kier molecular flexibility index (Phi) is 39.1. The van der Waals surface area contributed by atoms with Crippen LogP contribution in [0.1, 0.15) is 149 Å². The quantitative estimate of drug-likeness (QED) is 0.0276. The van der Waals surface area contributed by atoms with E-state index in [0.29, 0.717) is 13.0 Å². The topological polar surface area (TPSA) is 117 Å². The monoisotopic (exact) mass is 762 g/mol. The van der Waals surface area contributed by atoms with E-state index < -0.39 is 13.9 Å². The summed E-state index contributed by atoms with van der Waals surface area (Å²) in [5.74, 6) is -0.359. The first-order valence-corrected chi connectivity index (χ1v) is 22.1. The lowest BCUT2D eigenvalue weighted by molar-refractivity contribution is -0.154. The third kappa shape index (κ3) is 40.7. The molecule has 0 aromatic heterocycles. The van der Waals surface area contributed by atoms with Crippen LogP contribution in [0.3, 0.4) is 0 Å². The number of phosphoric ester groups is 1. The van der Waals surface area contributed by atoms with Gasteiger partial charge in [0.25, 0.3) is 0 Å². The zero-order valence-corrected chi connectivity index (χ0v) is 34.4. The van der Waals surface area contributed by atoms with E-state index in [1.54, 1.807) is 0 Å². The minimum absolute atomic E-state index is 0.0880. The number of hydrogen-bond donors (Lipinski definition) is 2. The maximum atomic E-state index is 12.5. The van der Waals surface area contributed by atoms with Gasteiger partial charge in [0.15, 0.2) is 0 Å². The van der Waals surface area contributed by atoms with Gasteiger partial charge in [0, 0.05) is 19.6 Å². The molecular formula is C44H76NO7P. The van der Waals surface area contributed by atoms with Crippen molar-refractivity contribution >= 4 is 13.8 Å². The number of nitrogens with two attached hydrogens (primary N) is 1. The molecule has 53 heavy (non-hydrogen) atoms. The van der Waals surface area contributed by atoms with E-state index in [2.05, 4.69) is 98.9 Å². The summed E-state index contributed by atoms with van der Waals surface area (Å²) in [6.45, 7) is 4.65. The molecule has 0 aliphatic carbocycles. The smallest absolute Gasteiger partial charge is 0.457 e. The van der Waals surface area contributed by atoms with Crippen LogP contribution in [0.5, 0.6) is 0 Å². The highest BCUT2D eigenvalue weighted by molar-refractivity contribution is 7.47. The van der Waals surface area contributed by atoms with E-state index in [-0.39, 0.29) is 32.3 Å². The molecule has 304 valence electrons. The molecule has 0 fully saturated rings. The van der Waals surface area contributed by atoms with E-state index in [4.69, 9.17) is 24.3 Å². The second-order valence-corrected chi connectivity index (χ2v) is 14.6. The number of esters is 1. The van der Waals surface area contributed by atoms with Crippen molar-refractivity contribution in [3.63, 3.8) is 0 Å². The van der Waals surface area contributed by atoms with E-state index >= 15 is 0 Å². The first-order valence-electron chi connectivity index (χ1n) is 20.6. The predicted octanol–water partition coefficient (Wildman–Crippen LogP) is 12.1. The van der Waals surface area contributed by atoms with E-state index in [1.165, 1.54) is 19.3 Å². The zero-order chi connectivity index (χ0) is 38.8. The Hall–Kier alpha value is -2.32. The van der Waals surface area contributed by atoms with Gasteiger partial charge in [0.05, 0.1) is 19.8 Å². The number of carbonyl (C=O) groups excluding carboxylic acids is 1. The Morgan fingerprint density at radius 2 is 1.06 bits per heavy atom. The van der Waals surface area contributed by atoms with Crippen LogP contribution < -0.4 is 5.73 Å². The molecule has 2 unspecified atom stereocenters. The summed E-state index contributed by atoms with van der Waals surface area (Å²) < 4.78 is 33.3. The van der Waals surface area contributed by atoms with Crippen LogP contribution in [0.15, 0.2) is 85.1 Å². The molecule has 0 bridgehead atoms. The van der Waals surface area contributed by atoms with Gasteiger partial charge in [0.1, 0.15) is 6.10 Å². The van der Waals surface area contributed by atoms with E-state index in [0.717, 1.165) is 109 Å². The van der Waals surface area contributed by atoms with Gasteiger partial charge in [-0.25, -0.2) is 4.57 Å². The molecule has 2 atom stereocenters. The normalized spacial score (nSPS) is 14.4. The molecule has 0 spiro atoms. The van der Waals surface area contributed by atoms with Crippen LogP contribution in [0.25, 0.3) is 0 Å². The molecule has 0 amide bonds. The first kappa shape index (κ1) is 50.7. The Morgan fingerprint density at radius 3 is 1.58 bits per heavy atom. The molecule has 0 aliphatic heterocycles. The highest BCUT2D eigenvalue weighted by atomic mass is 31.2. The molecule has 0 aromatic rings. The molecule has 3 N–H and O–H groups in total. The lowest BCUT2D eigenvalue weighted by atomic mass is 10.1. The van der Waals surface area contributed by atoms with Gasteiger partial charge in [-0.05, 0) is 83.5 Å². The number of hydrogen-bond acceptors (Lipinski definition) is 7. The van der Waals surface area contributed by atoms with Crippen LogP contribution in [-0.2, 0) is 27.9 Å². The first-order chi connectivity index (χ1) is 25.9. The average molecular weight is 762 g/mol. The predicted molar refractivity (Wildman–Crippen MR) is 224 cm³/mol. The van der Waals surface area contributed by atoms with Crippen LogP contribution in [0.2, 0.25) is 0 Å². The summed E-state index contributed by atoms with van der Waals surface area (Å²) in [4.78, 5) is 22.4. The van der Waals surface area contributed by atoms with Gasteiger partial charge in [-0.2, -0.15) is 0 Å². The van der Waals surface area contributed by atoms with Gasteiger partial charge in [-0.15, -0.1) is 0 Å². The standard InChI is InChI=1S/C44H76NO7P/c1-3-5-7-9-11-13-15-17-19-20-21-22-23-24-26-28-30-32-34-36-39-49-41-43(42-51-53(47,48)50-40-38-45)52-44(46)37-35-33-31-29-27-25-18-16-14-12-10-8-6-4-2/h5,7,10-13,16-19,21-22,24,26,43H,3-4,6,8-9,14-15,20,23,25,27-42,45H2,1-2H3,(H,47,48)/b7-5-,12-10-,13-11-,18-16-,19-17-,22-21-,26-24-. The number of rotatable bonds is 38. The molecule has 0 aromatic carbocycles. The molecule has 0 heterocycles. The molecule has 0 saturated carbocycles. The fraction of sp³-hybridized carbons (Fsp3) is 0.659. The van der Waals surface area contributed by atoms with Crippen molar-refractivity contribution in [3.8, 4) is 0 Å². The Bertz CT molecular complexity index is 1080. The molecular weight excluding hydrogens is 685 g/mol. The highest BCUT2D eigenvalue weighted by Gasteiger charge is 2.25. The van der Waals surface area contributed by atoms with Crippen molar-refractivity contribution in [1.29, 1.82) is 0 Å². The number of phosphoric acid groups is 1. The highest BCUT2D eigenvalue weighted by Crippen LogP contribution is 2.43. The van der Waals surface area contributed by atoms with Crippen molar-refractivity contribution in [2.24, 2.45) is 5.73 Å². The second-order valence-electron chi connectivity index (χ2n) is 13.1. The van der Waals surface area contributed by atoms with E-state index in [1.807, 2.05) is 0 Å². The van der Waals surface area contributed by atoms with Crippen molar-refractivity contribution in [3.05, 3.63) is 85.1 Å². The Labute approximate surface area is 324 Å². The van der Waals surface area contributed by atoms with E-state index in [9.17, 15) is 14.3 Å². The SMILES string of the molecule is CC/C=C\C/C=C\C/C=C\C/C=C\C/C=C\CCCCCCOCC(COP(=O)(O)OCCN)OC(=O)CCCCCCC/C=C\C/C=C\CCCC. The summed E-state index contributed by atoms with van der Waals surface area (Å²) in [6, 6.07) is 0. The average Bonchev–Trinajstić information content (AvgIpc) is 3.15. The number of unbranched alkanes of at least 4 members (excludes halogenated alkanes) is 11. The molecule has 8 nitrogen and oxygen atoms in total. The van der Waals surface area contributed by atoms with Gasteiger partial charge in [0.2, 0.25) is 0 Å². The van der Waals surface area contributed by atoms with Gasteiger partial charge in [-0.1, -0.05) is 144 Å². The summed E-state index contributed by atoms with van der Waals surface area (Å²) in [5, 5.41) is 0. The van der Waals surface area contributed by atoms with Crippen molar-refractivity contribution in [1.82, 2.24) is 0 Å². The second kappa shape index (κ2) is 40.9. The summed E-state index contributed by atoms with van der Waals surface area (Å²) in [5.41, 5.74) is 5.36. The van der Waals surface area contributed by atoms with Crippen molar-refractivity contribution in [2.75, 3.05) is 33.0 Å². The molecule has 0 aliphatic rings. The Morgan fingerprint density at radius 1 is 0.585 bits per heavy atom. The molecule has 0 radical (unpaired) electrons. The maximum Gasteiger partial charge on any atom is 0.472 e. The minimum Gasteiger partial charge on any atom is -0.457 e. The largest absolute Gasteiger partial charge is 0.472 e. The maximum absolute atomic E-state index is 12.5. The molecule has 0 saturated heterocycles. The third-order valence-electron chi connectivity index (χ3n) is 8.05.